The molecule has 0 bridgehead atoms. The van der Waals surface area contributed by atoms with Crippen molar-refractivity contribution in [1.82, 2.24) is 9.88 Å². The smallest absolute Gasteiger partial charge is 0.308 e. The van der Waals surface area contributed by atoms with Gasteiger partial charge in [0.25, 0.3) is 0 Å². The van der Waals surface area contributed by atoms with E-state index < -0.39 is 0 Å². The first-order chi connectivity index (χ1) is 9.10. The van der Waals surface area contributed by atoms with Gasteiger partial charge in [0.05, 0.1) is 23.7 Å². The highest BCUT2D eigenvalue weighted by Crippen LogP contribution is 2.23. The third-order valence-corrected chi connectivity index (χ3v) is 3.93. The first-order valence-corrected chi connectivity index (χ1v) is 6.97. The zero-order chi connectivity index (χ0) is 13.8. The third kappa shape index (κ3) is 3.81. The number of methoxy groups -OCH3 is 1. The number of nitrogens with zero attached hydrogens (tertiary/aromatic N) is 2. The number of pyridine rings is 1. The summed E-state index contributed by atoms with van der Waals surface area (Å²) in [5, 5.41) is 1.07. The highest BCUT2D eigenvalue weighted by Gasteiger charge is 2.25. The molecule has 4 nitrogen and oxygen atoms in total. The number of carbonyl (C=O) groups excluding carboxylic acids is 1. The van der Waals surface area contributed by atoms with Crippen LogP contribution in [0.5, 0.6) is 0 Å². The van der Waals surface area contributed by atoms with Crippen molar-refractivity contribution in [2.75, 3.05) is 20.2 Å². The van der Waals surface area contributed by atoms with Crippen molar-refractivity contribution in [2.24, 2.45) is 5.92 Å². The molecule has 0 atom stereocenters. The molecule has 0 aromatic carbocycles. The molecule has 1 aromatic rings. The Labute approximate surface area is 122 Å². The lowest BCUT2D eigenvalue weighted by molar-refractivity contribution is -0.147. The summed E-state index contributed by atoms with van der Waals surface area (Å²) < 4.78 is 4.77. The van der Waals surface area contributed by atoms with Crippen LogP contribution in [0, 0.1) is 5.92 Å². The number of likely N-dealkylation sites (tertiary alicyclic amines) is 1. The summed E-state index contributed by atoms with van der Waals surface area (Å²) in [6.45, 7) is 2.34. The Balaban J connectivity index is 1.92. The molecular weight excluding hydrogens is 287 g/mol. The van der Waals surface area contributed by atoms with Crippen LogP contribution in [-0.2, 0) is 16.1 Å². The monoisotopic (exact) mass is 302 g/mol. The number of rotatable bonds is 3. The zero-order valence-electron chi connectivity index (χ0n) is 10.7. The lowest BCUT2D eigenvalue weighted by Gasteiger charge is -2.30. The van der Waals surface area contributed by atoms with E-state index >= 15 is 0 Å². The molecule has 104 valence electrons. The SMILES string of the molecule is COC(=O)C1CCN(Cc2nc(Cl)ccc2Cl)CC1. The van der Waals surface area contributed by atoms with Gasteiger partial charge < -0.3 is 4.74 Å². The molecule has 0 saturated carbocycles. The van der Waals surface area contributed by atoms with Gasteiger partial charge >= 0.3 is 5.97 Å². The standard InChI is InChI=1S/C13H16Cl2N2O2/c1-19-13(18)9-4-6-17(7-5-9)8-11-10(14)2-3-12(15)16-11/h2-3,9H,4-8H2,1H3. The number of hydrogen-bond acceptors (Lipinski definition) is 4. The lowest BCUT2D eigenvalue weighted by Crippen LogP contribution is -2.36. The molecule has 2 heterocycles. The number of aromatic nitrogens is 1. The summed E-state index contributed by atoms with van der Waals surface area (Å²) in [4.78, 5) is 17.9. The van der Waals surface area contributed by atoms with Gasteiger partial charge in [-0.15, -0.1) is 0 Å². The number of esters is 1. The summed E-state index contributed by atoms with van der Waals surface area (Å²) in [6, 6.07) is 3.43. The minimum absolute atomic E-state index is 0.0176. The molecule has 0 radical (unpaired) electrons. The van der Waals surface area contributed by atoms with E-state index in [0.29, 0.717) is 16.7 Å². The normalized spacial score (nSPS) is 17.4. The maximum atomic E-state index is 11.4. The Kier molecular flexibility index (Phi) is 5.02. The first-order valence-electron chi connectivity index (χ1n) is 6.21. The summed E-state index contributed by atoms with van der Waals surface area (Å²) in [6.07, 6.45) is 1.62. The summed E-state index contributed by atoms with van der Waals surface area (Å²) in [7, 11) is 1.43. The van der Waals surface area contributed by atoms with Gasteiger partial charge in [-0.3, -0.25) is 9.69 Å². The Morgan fingerprint density at radius 1 is 1.42 bits per heavy atom. The van der Waals surface area contributed by atoms with Crippen molar-refractivity contribution in [3.63, 3.8) is 0 Å². The van der Waals surface area contributed by atoms with Crippen LogP contribution in [0.25, 0.3) is 0 Å². The molecule has 19 heavy (non-hydrogen) atoms. The van der Waals surface area contributed by atoms with E-state index in [1.54, 1.807) is 12.1 Å². The Morgan fingerprint density at radius 2 is 2.11 bits per heavy atom. The predicted octanol–water partition coefficient (Wildman–Crippen LogP) is 2.77. The quantitative estimate of drug-likeness (QED) is 0.636. The van der Waals surface area contributed by atoms with Crippen LogP contribution in [0.1, 0.15) is 18.5 Å². The minimum atomic E-state index is -0.112. The first kappa shape index (κ1) is 14.6. The van der Waals surface area contributed by atoms with Crippen LogP contribution in [0.15, 0.2) is 12.1 Å². The molecule has 0 aliphatic carbocycles. The molecule has 1 aromatic heterocycles. The molecule has 0 unspecified atom stereocenters. The molecule has 2 rings (SSSR count). The van der Waals surface area contributed by atoms with E-state index in [-0.39, 0.29) is 11.9 Å². The number of piperidine rings is 1. The fourth-order valence-corrected chi connectivity index (χ4v) is 2.60. The second kappa shape index (κ2) is 6.55. The van der Waals surface area contributed by atoms with Crippen LogP contribution < -0.4 is 0 Å². The van der Waals surface area contributed by atoms with Gasteiger partial charge in [0, 0.05) is 6.54 Å². The molecule has 0 N–H and O–H groups in total. The van der Waals surface area contributed by atoms with Gasteiger partial charge in [0.1, 0.15) is 5.15 Å². The molecule has 0 amide bonds. The fraction of sp³-hybridized carbons (Fsp3) is 0.538. The summed E-state index contributed by atoms with van der Waals surface area (Å²) in [5.74, 6) is -0.0948. The van der Waals surface area contributed by atoms with Crippen molar-refractivity contribution < 1.29 is 9.53 Å². The maximum Gasteiger partial charge on any atom is 0.308 e. The topological polar surface area (TPSA) is 42.4 Å². The van der Waals surface area contributed by atoms with Gasteiger partial charge in [0.2, 0.25) is 0 Å². The molecule has 1 aliphatic rings. The highest BCUT2D eigenvalue weighted by atomic mass is 35.5. The molecule has 1 fully saturated rings. The van der Waals surface area contributed by atoms with Crippen LogP contribution in [0.4, 0.5) is 0 Å². The summed E-state index contributed by atoms with van der Waals surface area (Å²) in [5.41, 5.74) is 0.783. The molecule has 0 spiro atoms. The zero-order valence-corrected chi connectivity index (χ0v) is 12.2. The minimum Gasteiger partial charge on any atom is -0.469 e. The molecule has 1 aliphatic heterocycles. The fourth-order valence-electron chi connectivity index (χ4n) is 2.27. The number of hydrogen-bond donors (Lipinski definition) is 0. The Hall–Kier alpha value is -0.840. The van der Waals surface area contributed by atoms with Gasteiger partial charge in [-0.05, 0) is 38.1 Å². The average Bonchev–Trinajstić information content (AvgIpc) is 2.43. The van der Waals surface area contributed by atoms with Crippen LogP contribution >= 0.6 is 23.2 Å². The van der Waals surface area contributed by atoms with E-state index in [9.17, 15) is 4.79 Å². The predicted molar refractivity (Wildman–Crippen MR) is 74.3 cm³/mol. The van der Waals surface area contributed by atoms with Gasteiger partial charge in [0.15, 0.2) is 0 Å². The van der Waals surface area contributed by atoms with E-state index in [4.69, 9.17) is 27.9 Å². The van der Waals surface area contributed by atoms with Crippen LogP contribution in [0.2, 0.25) is 10.2 Å². The number of ether oxygens (including phenoxy) is 1. The van der Waals surface area contributed by atoms with Crippen LogP contribution in [0.3, 0.4) is 0 Å². The Morgan fingerprint density at radius 3 is 2.74 bits per heavy atom. The average molecular weight is 303 g/mol. The Bertz CT molecular complexity index is 460. The molecule has 6 heteroatoms. The highest BCUT2D eigenvalue weighted by molar-refractivity contribution is 6.32. The van der Waals surface area contributed by atoms with Crippen molar-refractivity contribution in [3.05, 3.63) is 28.0 Å². The van der Waals surface area contributed by atoms with Crippen LogP contribution in [-0.4, -0.2) is 36.1 Å². The van der Waals surface area contributed by atoms with E-state index in [1.165, 1.54) is 7.11 Å². The van der Waals surface area contributed by atoms with Crippen molar-refractivity contribution in [3.8, 4) is 0 Å². The lowest BCUT2D eigenvalue weighted by atomic mass is 9.97. The molecular formula is C13H16Cl2N2O2. The van der Waals surface area contributed by atoms with Gasteiger partial charge in [-0.2, -0.15) is 0 Å². The largest absolute Gasteiger partial charge is 0.469 e. The second-order valence-electron chi connectivity index (χ2n) is 4.64. The third-order valence-electron chi connectivity index (χ3n) is 3.38. The molecule has 1 saturated heterocycles. The van der Waals surface area contributed by atoms with Crippen molar-refractivity contribution >= 4 is 29.2 Å². The van der Waals surface area contributed by atoms with Gasteiger partial charge in [-0.1, -0.05) is 23.2 Å². The number of halogens is 2. The van der Waals surface area contributed by atoms with E-state index in [2.05, 4.69) is 9.88 Å². The second-order valence-corrected chi connectivity index (χ2v) is 5.43. The van der Waals surface area contributed by atoms with E-state index in [0.717, 1.165) is 31.6 Å². The number of carbonyl (C=O) groups is 1. The van der Waals surface area contributed by atoms with Crippen molar-refractivity contribution in [2.45, 2.75) is 19.4 Å². The maximum absolute atomic E-state index is 11.4. The summed E-state index contributed by atoms with van der Waals surface area (Å²) >= 11 is 12.0. The van der Waals surface area contributed by atoms with E-state index in [1.807, 2.05) is 0 Å². The van der Waals surface area contributed by atoms with Crippen molar-refractivity contribution in [1.29, 1.82) is 0 Å². The van der Waals surface area contributed by atoms with Gasteiger partial charge in [-0.25, -0.2) is 4.98 Å².